The van der Waals surface area contributed by atoms with Crippen molar-refractivity contribution in [2.24, 2.45) is 0 Å². The van der Waals surface area contributed by atoms with Gasteiger partial charge in [-0.3, -0.25) is 0 Å². The predicted molar refractivity (Wildman–Crippen MR) is 69.1 cm³/mol. The Kier molecular flexibility index (Phi) is 3.02. The maximum absolute atomic E-state index is 5.71. The Labute approximate surface area is 113 Å². The summed E-state index contributed by atoms with van der Waals surface area (Å²) in [6.07, 6.45) is 1.69. The average Bonchev–Trinajstić information content (AvgIpc) is 2.99. The van der Waals surface area contributed by atoms with E-state index in [0.29, 0.717) is 19.2 Å². The van der Waals surface area contributed by atoms with E-state index in [2.05, 4.69) is 35.8 Å². The fourth-order valence-electron chi connectivity index (χ4n) is 2.47. The first-order valence-corrected chi connectivity index (χ1v) is 6.86. The van der Waals surface area contributed by atoms with Crippen molar-refractivity contribution in [2.75, 3.05) is 31.2 Å². The van der Waals surface area contributed by atoms with Gasteiger partial charge in [0.2, 0.25) is 0 Å². The molecule has 6 heteroatoms. The molecule has 1 spiro atoms. The number of piperidine rings is 1. The van der Waals surface area contributed by atoms with Crippen LogP contribution in [0.15, 0.2) is 4.52 Å². The molecule has 6 nitrogen and oxygen atoms in total. The molecule has 0 radical (unpaired) electrons. The Morgan fingerprint density at radius 1 is 1.11 bits per heavy atom. The van der Waals surface area contributed by atoms with Gasteiger partial charge in [0.15, 0.2) is 11.6 Å². The van der Waals surface area contributed by atoms with Crippen molar-refractivity contribution >= 4 is 6.01 Å². The van der Waals surface area contributed by atoms with Crippen molar-refractivity contribution in [2.45, 2.75) is 44.8 Å². The maximum Gasteiger partial charge on any atom is 0.324 e. The molecule has 2 saturated heterocycles. The highest BCUT2D eigenvalue weighted by Gasteiger charge is 2.40. The first-order chi connectivity index (χ1) is 8.99. The van der Waals surface area contributed by atoms with Gasteiger partial charge in [0.1, 0.15) is 0 Å². The second-order valence-electron chi connectivity index (χ2n) is 6.25. The monoisotopic (exact) mass is 267 g/mol. The summed E-state index contributed by atoms with van der Waals surface area (Å²) in [7, 11) is 0. The number of hydrogen-bond donors (Lipinski definition) is 0. The van der Waals surface area contributed by atoms with Crippen LogP contribution in [0.3, 0.4) is 0 Å². The Bertz CT molecular complexity index is 436. The van der Waals surface area contributed by atoms with Gasteiger partial charge in [-0.25, -0.2) is 0 Å². The van der Waals surface area contributed by atoms with Gasteiger partial charge in [-0.15, -0.1) is 0 Å². The lowest BCUT2D eigenvalue weighted by molar-refractivity contribution is -0.169. The van der Waals surface area contributed by atoms with Crippen LogP contribution in [0.25, 0.3) is 0 Å². The summed E-state index contributed by atoms with van der Waals surface area (Å²) in [4.78, 5) is 6.60. The molecule has 0 aliphatic carbocycles. The molecule has 2 fully saturated rings. The highest BCUT2D eigenvalue weighted by molar-refractivity contribution is 5.27. The molecule has 1 aromatic rings. The number of anilines is 1. The summed E-state index contributed by atoms with van der Waals surface area (Å²) in [6, 6.07) is 0.609. The van der Waals surface area contributed by atoms with E-state index in [1.165, 1.54) is 0 Å². The normalized spacial score (nSPS) is 23.2. The second-order valence-corrected chi connectivity index (χ2v) is 6.25. The van der Waals surface area contributed by atoms with Crippen LogP contribution in [0.5, 0.6) is 0 Å². The molecular weight excluding hydrogens is 246 g/mol. The molecule has 2 aliphatic heterocycles. The summed E-state index contributed by atoms with van der Waals surface area (Å²) in [6.45, 7) is 9.29. The van der Waals surface area contributed by atoms with E-state index in [1.807, 2.05) is 0 Å². The van der Waals surface area contributed by atoms with E-state index in [-0.39, 0.29) is 11.2 Å². The SMILES string of the molecule is CC(C)(C)c1noc(N2CCC3(CC2)OCCO3)n1. The minimum Gasteiger partial charge on any atom is -0.347 e. The predicted octanol–water partition coefficient (Wildman–Crippen LogP) is 1.71. The van der Waals surface area contributed by atoms with E-state index < -0.39 is 0 Å². The van der Waals surface area contributed by atoms with Crippen LogP contribution < -0.4 is 4.90 Å². The molecule has 0 atom stereocenters. The molecule has 0 saturated carbocycles. The fraction of sp³-hybridized carbons (Fsp3) is 0.846. The van der Waals surface area contributed by atoms with Crippen LogP contribution >= 0.6 is 0 Å². The first kappa shape index (κ1) is 12.9. The lowest BCUT2D eigenvalue weighted by Crippen LogP contribution is -2.45. The van der Waals surface area contributed by atoms with E-state index in [9.17, 15) is 0 Å². The Morgan fingerprint density at radius 2 is 1.74 bits per heavy atom. The number of nitrogens with zero attached hydrogens (tertiary/aromatic N) is 3. The second kappa shape index (κ2) is 4.45. The molecule has 3 heterocycles. The van der Waals surface area contributed by atoms with Gasteiger partial charge < -0.3 is 18.9 Å². The van der Waals surface area contributed by atoms with Crippen molar-refractivity contribution in [3.05, 3.63) is 5.82 Å². The van der Waals surface area contributed by atoms with E-state index in [1.54, 1.807) is 0 Å². The number of ether oxygens (including phenoxy) is 2. The zero-order chi connectivity index (χ0) is 13.5. The van der Waals surface area contributed by atoms with Crippen LogP contribution in [0.2, 0.25) is 0 Å². The van der Waals surface area contributed by atoms with Crippen molar-refractivity contribution in [1.29, 1.82) is 0 Å². The number of rotatable bonds is 1. The summed E-state index contributed by atoms with van der Waals surface area (Å²) in [5.74, 6) is 0.389. The number of aromatic nitrogens is 2. The van der Waals surface area contributed by atoms with E-state index >= 15 is 0 Å². The smallest absolute Gasteiger partial charge is 0.324 e. The fourth-order valence-corrected chi connectivity index (χ4v) is 2.47. The van der Waals surface area contributed by atoms with Crippen LogP contribution in [-0.4, -0.2) is 42.2 Å². The highest BCUT2D eigenvalue weighted by Crippen LogP contribution is 2.33. The average molecular weight is 267 g/mol. The first-order valence-electron chi connectivity index (χ1n) is 6.86. The molecule has 2 aliphatic rings. The van der Waals surface area contributed by atoms with Crippen molar-refractivity contribution in [3.63, 3.8) is 0 Å². The van der Waals surface area contributed by atoms with Gasteiger partial charge in [0.05, 0.1) is 13.2 Å². The zero-order valence-electron chi connectivity index (χ0n) is 11.8. The van der Waals surface area contributed by atoms with Crippen molar-refractivity contribution in [1.82, 2.24) is 10.1 Å². The molecule has 0 unspecified atom stereocenters. The lowest BCUT2D eigenvalue weighted by Gasteiger charge is -2.36. The van der Waals surface area contributed by atoms with Gasteiger partial charge in [-0.05, 0) is 0 Å². The maximum atomic E-state index is 5.71. The topological polar surface area (TPSA) is 60.6 Å². The third kappa shape index (κ3) is 2.47. The van der Waals surface area contributed by atoms with Crippen LogP contribution in [0.1, 0.15) is 39.4 Å². The Morgan fingerprint density at radius 3 is 2.26 bits per heavy atom. The molecule has 1 aromatic heterocycles. The zero-order valence-corrected chi connectivity index (χ0v) is 11.8. The van der Waals surface area contributed by atoms with E-state index in [0.717, 1.165) is 31.8 Å². The van der Waals surface area contributed by atoms with Crippen molar-refractivity contribution < 1.29 is 14.0 Å². The highest BCUT2D eigenvalue weighted by atomic mass is 16.7. The van der Waals surface area contributed by atoms with Gasteiger partial charge in [0.25, 0.3) is 0 Å². The third-order valence-corrected chi connectivity index (χ3v) is 3.70. The van der Waals surface area contributed by atoms with Crippen LogP contribution in [0.4, 0.5) is 6.01 Å². The van der Waals surface area contributed by atoms with Crippen molar-refractivity contribution in [3.8, 4) is 0 Å². The molecule has 0 aromatic carbocycles. The van der Waals surface area contributed by atoms with Gasteiger partial charge in [0, 0.05) is 31.3 Å². The molecule has 19 heavy (non-hydrogen) atoms. The lowest BCUT2D eigenvalue weighted by atomic mass is 9.96. The quantitative estimate of drug-likeness (QED) is 0.772. The summed E-state index contributed by atoms with van der Waals surface area (Å²) >= 11 is 0. The number of hydrogen-bond acceptors (Lipinski definition) is 6. The van der Waals surface area contributed by atoms with Crippen LogP contribution in [-0.2, 0) is 14.9 Å². The molecule has 3 rings (SSSR count). The standard InChI is InChI=1S/C13H21N3O3/c1-12(2,3)10-14-11(19-15-10)16-6-4-13(5-7-16)17-8-9-18-13/h4-9H2,1-3H3. The summed E-state index contributed by atoms with van der Waals surface area (Å²) in [5, 5.41) is 4.06. The molecular formula is C13H21N3O3. The largest absolute Gasteiger partial charge is 0.347 e. The summed E-state index contributed by atoms with van der Waals surface area (Å²) in [5.41, 5.74) is -0.0869. The summed E-state index contributed by atoms with van der Waals surface area (Å²) < 4.78 is 16.8. The molecule has 106 valence electrons. The minimum absolute atomic E-state index is 0.0869. The molecule has 0 bridgehead atoms. The Balaban J connectivity index is 1.66. The third-order valence-electron chi connectivity index (χ3n) is 3.70. The van der Waals surface area contributed by atoms with E-state index in [4.69, 9.17) is 14.0 Å². The minimum atomic E-state index is -0.358. The molecule has 0 amide bonds. The molecule has 0 N–H and O–H groups in total. The van der Waals surface area contributed by atoms with Gasteiger partial charge >= 0.3 is 6.01 Å². The van der Waals surface area contributed by atoms with Crippen LogP contribution in [0, 0.1) is 0 Å². The van der Waals surface area contributed by atoms with Gasteiger partial charge in [-0.1, -0.05) is 25.9 Å². The van der Waals surface area contributed by atoms with Gasteiger partial charge in [-0.2, -0.15) is 4.98 Å². The Hall–Kier alpha value is -1.14.